The number of likely N-dealkylation sites (tertiary alicyclic amines) is 1. The van der Waals surface area contributed by atoms with Gasteiger partial charge in [-0.1, -0.05) is 54.6 Å². The number of nitrogens with one attached hydrogen (secondary N) is 1. The quantitative estimate of drug-likeness (QED) is 0.120. The lowest BCUT2D eigenvalue weighted by Gasteiger charge is -2.43. The molecule has 244 valence electrons. The fourth-order valence-electron chi connectivity index (χ4n) is 6.89. The van der Waals surface area contributed by atoms with Crippen molar-refractivity contribution >= 4 is 29.1 Å². The zero-order valence-electron chi connectivity index (χ0n) is 27.9. The van der Waals surface area contributed by atoms with Crippen LogP contribution >= 0.6 is 0 Å². The molecule has 9 heteroatoms. The molecule has 0 spiro atoms. The van der Waals surface area contributed by atoms with Crippen molar-refractivity contribution in [3.8, 4) is 0 Å². The molecule has 0 radical (unpaired) electrons. The fourth-order valence-corrected chi connectivity index (χ4v) is 6.89. The molecule has 0 aliphatic carbocycles. The second-order valence-electron chi connectivity index (χ2n) is 12.8. The third-order valence-corrected chi connectivity index (χ3v) is 9.51. The molecule has 0 saturated carbocycles. The highest BCUT2D eigenvalue weighted by Gasteiger charge is 2.40. The maximum Gasteiger partial charge on any atom is 0.410 e. The SMILES string of the molecule is Cc1cc(C2(c3cc(C)c(NC(=O)c4c(C)cc([N+](=O)[O-])cc4C)c(C)c3)CCN(C(=O)OCc3ccccc3)CC2)cc(C)c1N. The van der Waals surface area contributed by atoms with Crippen molar-refractivity contribution < 1.29 is 19.2 Å². The topological polar surface area (TPSA) is 128 Å². The second kappa shape index (κ2) is 13.3. The molecule has 3 N–H and O–H groups in total. The molecule has 4 aromatic rings. The van der Waals surface area contributed by atoms with E-state index in [0.29, 0.717) is 48.3 Å². The Kier molecular flexibility index (Phi) is 9.38. The van der Waals surface area contributed by atoms with Crippen LogP contribution in [-0.2, 0) is 16.8 Å². The van der Waals surface area contributed by atoms with Gasteiger partial charge in [-0.3, -0.25) is 14.9 Å². The molecule has 0 unspecified atom stereocenters. The molecule has 0 atom stereocenters. The van der Waals surface area contributed by atoms with Crippen LogP contribution in [0.5, 0.6) is 0 Å². The van der Waals surface area contributed by atoms with Crippen LogP contribution in [0, 0.1) is 51.7 Å². The molecule has 9 nitrogen and oxygen atoms in total. The van der Waals surface area contributed by atoms with Gasteiger partial charge in [0.15, 0.2) is 0 Å². The number of ether oxygens (including phenoxy) is 1. The number of nitro benzene ring substituents is 1. The second-order valence-corrected chi connectivity index (χ2v) is 12.8. The van der Waals surface area contributed by atoms with Gasteiger partial charge >= 0.3 is 6.09 Å². The molecule has 1 heterocycles. The van der Waals surface area contributed by atoms with E-state index in [-0.39, 0.29) is 24.3 Å². The minimum atomic E-state index is -0.452. The number of nitrogen functional groups attached to an aromatic ring is 1. The van der Waals surface area contributed by atoms with Gasteiger partial charge in [0.2, 0.25) is 0 Å². The maximum atomic E-state index is 13.5. The Labute approximate surface area is 275 Å². The molecule has 1 aliphatic rings. The summed E-state index contributed by atoms with van der Waals surface area (Å²) in [5.74, 6) is -0.310. The van der Waals surface area contributed by atoms with Gasteiger partial charge in [0.25, 0.3) is 11.6 Å². The van der Waals surface area contributed by atoms with Crippen LogP contribution in [0.4, 0.5) is 21.9 Å². The van der Waals surface area contributed by atoms with E-state index in [1.807, 2.05) is 58.0 Å². The Morgan fingerprint density at radius 3 is 1.85 bits per heavy atom. The molecule has 1 saturated heterocycles. The molecule has 47 heavy (non-hydrogen) atoms. The number of hydrogen-bond acceptors (Lipinski definition) is 6. The van der Waals surface area contributed by atoms with Gasteiger partial charge in [-0.2, -0.15) is 0 Å². The summed E-state index contributed by atoms with van der Waals surface area (Å²) in [5, 5.41) is 14.4. The zero-order chi connectivity index (χ0) is 34.0. The number of hydrogen-bond donors (Lipinski definition) is 2. The van der Waals surface area contributed by atoms with Gasteiger partial charge in [-0.05, 0) is 104 Å². The van der Waals surface area contributed by atoms with Gasteiger partial charge in [0, 0.05) is 47.6 Å². The smallest absolute Gasteiger partial charge is 0.410 e. The highest BCUT2D eigenvalue weighted by atomic mass is 16.6. The Morgan fingerprint density at radius 1 is 0.830 bits per heavy atom. The van der Waals surface area contributed by atoms with E-state index in [1.54, 1.807) is 18.7 Å². The lowest BCUT2D eigenvalue weighted by Crippen LogP contribution is -2.46. The largest absolute Gasteiger partial charge is 0.445 e. The number of rotatable bonds is 7. The fraction of sp³-hybridized carbons (Fsp3) is 0.316. The predicted octanol–water partition coefficient (Wildman–Crippen LogP) is 8.00. The standard InChI is InChI=1S/C38H42N4O5/c1-23-20-32(42(45)46)21-24(2)33(23)36(43)40-35-27(5)18-31(19-28(35)6)38(30-16-25(3)34(39)26(4)17-30)12-14-41(15-13-38)37(44)47-22-29-10-8-7-9-11-29/h7-11,16-21H,12-15,22,39H2,1-6H3,(H,40,43). The molecule has 5 rings (SSSR count). The van der Waals surface area contributed by atoms with Crippen molar-refractivity contribution in [3.63, 3.8) is 0 Å². The summed E-state index contributed by atoms with van der Waals surface area (Å²) in [5.41, 5.74) is 15.9. The first kappa shape index (κ1) is 33.2. The van der Waals surface area contributed by atoms with Crippen molar-refractivity contribution in [1.82, 2.24) is 4.90 Å². The minimum absolute atomic E-state index is 0.0396. The molecule has 0 aromatic heterocycles. The molecule has 1 aliphatic heterocycles. The van der Waals surface area contributed by atoms with E-state index < -0.39 is 10.3 Å². The first-order valence-electron chi connectivity index (χ1n) is 15.8. The van der Waals surface area contributed by atoms with E-state index in [2.05, 4.69) is 29.6 Å². The highest BCUT2D eigenvalue weighted by Crippen LogP contribution is 2.45. The number of nitrogens with two attached hydrogens (primary N) is 1. The van der Waals surface area contributed by atoms with Gasteiger partial charge in [-0.15, -0.1) is 0 Å². The Morgan fingerprint density at radius 2 is 1.34 bits per heavy atom. The van der Waals surface area contributed by atoms with Crippen molar-refractivity contribution in [1.29, 1.82) is 0 Å². The number of nitrogens with zero attached hydrogens (tertiary/aromatic N) is 2. The van der Waals surface area contributed by atoms with Crippen LogP contribution in [-0.4, -0.2) is 34.9 Å². The average molecular weight is 635 g/mol. The summed E-state index contributed by atoms with van der Waals surface area (Å²) in [7, 11) is 0. The van der Waals surface area contributed by atoms with Crippen LogP contribution in [0.15, 0.2) is 66.7 Å². The molecule has 2 amide bonds. The lowest BCUT2D eigenvalue weighted by molar-refractivity contribution is -0.385. The van der Waals surface area contributed by atoms with Gasteiger partial charge in [0.1, 0.15) is 6.61 Å². The summed E-state index contributed by atoms with van der Waals surface area (Å²) in [6.45, 7) is 12.7. The average Bonchev–Trinajstić information content (AvgIpc) is 3.04. The lowest BCUT2D eigenvalue weighted by atomic mass is 9.67. The molecular weight excluding hydrogens is 592 g/mol. The zero-order valence-corrected chi connectivity index (χ0v) is 27.9. The maximum absolute atomic E-state index is 13.5. The molecular formula is C38H42N4O5. The number of piperidine rings is 1. The number of aryl methyl sites for hydroxylation is 6. The van der Waals surface area contributed by atoms with Crippen molar-refractivity contribution in [3.05, 3.63) is 132 Å². The van der Waals surface area contributed by atoms with Crippen LogP contribution < -0.4 is 11.1 Å². The number of amides is 2. The Balaban J connectivity index is 1.45. The summed E-state index contributed by atoms with van der Waals surface area (Å²) in [4.78, 5) is 39.3. The van der Waals surface area contributed by atoms with Crippen molar-refractivity contribution in [2.24, 2.45) is 0 Å². The number of non-ortho nitro benzene ring substituents is 1. The molecule has 4 aromatic carbocycles. The molecule has 0 bridgehead atoms. The van der Waals surface area contributed by atoms with E-state index in [9.17, 15) is 19.7 Å². The summed E-state index contributed by atoms with van der Waals surface area (Å²) >= 11 is 0. The van der Waals surface area contributed by atoms with Crippen LogP contribution in [0.25, 0.3) is 0 Å². The minimum Gasteiger partial charge on any atom is -0.445 e. The van der Waals surface area contributed by atoms with Gasteiger partial charge < -0.3 is 20.7 Å². The van der Waals surface area contributed by atoms with E-state index >= 15 is 0 Å². The third-order valence-electron chi connectivity index (χ3n) is 9.51. The van der Waals surface area contributed by atoms with E-state index in [0.717, 1.165) is 44.6 Å². The summed E-state index contributed by atoms with van der Waals surface area (Å²) in [6, 6.07) is 21.1. The number of carbonyl (C=O) groups is 2. The van der Waals surface area contributed by atoms with Crippen LogP contribution in [0.3, 0.4) is 0 Å². The first-order chi connectivity index (χ1) is 22.3. The summed E-state index contributed by atoms with van der Waals surface area (Å²) in [6.07, 6.45) is 1.04. The van der Waals surface area contributed by atoms with Crippen molar-refractivity contribution in [2.75, 3.05) is 24.1 Å². The molecule has 1 fully saturated rings. The van der Waals surface area contributed by atoms with Gasteiger partial charge in [0.05, 0.1) is 4.92 Å². The Hall–Kier alpha value is -5.18. The number of anilines is 2. The van der Waals surface area contributed by atoms with Gasteiger partial charge in [-0.25, -0.2) is 4.79 Å². The number of nitro groups is 1. The van der Waals surface area contributed by atoms with Crippen LogP contribution in [0.2, 0.25) is 0 Å². The number of benzene rings is 4. The monoisotopic (exact) mass is 634 g/mol. The van der Waals surface area contributed by atoms with E-state index in [1.165, 1.54) is 12.1 Å². The van der Waals surface area contributed by atoms with E-state index in [4.69, 9.17) is 10.5 Å². The third kappa shape index (κ3) is 6.70. The normalized spacial score (nSPS) is 14.0. The Bertz CT molecular complexity index is 1790. The highest BCUT2D eigenvalue weighted by molar-refractivity contribution is 6.07. The predicted molar refractivity (Wildman–Crippen MR) is 185 cm³/mol. The first-order valence-corrected chi connectivity index (χ1v) is 15.8. The number of carbonyl (C=O) groups excluding carboxylic acids is 2. The summed E-state index contributed by atoms with van der Waals surface area (Å²) < 4.78 is 5.66. The van der Waals surface area contributed by atoms with Crippen molar-refractivity contribution in [2.45, 2.75) is 66.4 Å². The van der Waals surface area contributed by atoms with Crippen LogP contribution in [0.1, 0.15) is 73.3 Å².